The van der Waals surface area contributed by atoms with Gasteiger partial charge in [0.2, 0.25) is 5.95 Å². The summed E-state index contributed by atoms with van der Waals surface area (Å²) in [5, 5.41) is 0. The molecular formula is C15H15FN2O. The Balaban J connectivity index is 1.88. The second-order valence-electron chi connectivity index (χ2n) is 4.62. The molecule has 0 fully saturated rings. The third-order valence-electron chi connectivity index (χ3n) is 3.45. The van der Waals surface area contributed by atoms with E-state index in [-0.39, 0.29) is 0 Å². The molecule has 0 saturated heterocycles. The van der Waals surface area contributed by atoms with Gasteiger partial charge in [0, 0.05) is 13.1 Å². The van der Waals surface area contributed by atoms with Crippen molar-refractivity contribution in [1.82, 2.24) is 4.98 Å². The number of benzene rings is 1. The minimum Gasteiger partial charge on any atom is -0.497 e. The van der Waals surface area contributed by atoms with Crippen molar-refractivity contribution in [2.45, 2.75) is 13.0 Å². The molecule has 0 atom stereocenters. The number of rotatable bonds is 2. The van der Waals surface area contributed by atoms with E-state index >= 15 is 0 Å². The van der Waals surface area contributed by atoms with Crippen LogP contribution in [-0.4, -0.2) is 18.6 Å². The Morgan fingerprint density at radius 1 is 1.21 bits per heavy atom. The molecule has 0 aliphatic carbocycles. The Labute approximate surface area is 111 Å². The summed E-state index contributed by atoms with van der Waals surface area (Å²) in [5.41, 5.74) is 2.55. The molecule has 0 N–H and O–H groups in total. The fourth-order valence-electron chi connectivity index (χ4n) is 2.43. The molecule has 2 heterocycles. The van der Waals surface area contributed by atoms with Crippen LogP contribution in [0.4, 0.5) is 10.2 Å². The van der Waals surface area contributed by atoms with Crippen LogP contribution >= 0.6 is 0 Å². The minimum atomic E-state index is -0.436. The molecule has 0 radical (unpaired) electrons. The van der Waals surface area contributed by atoms with Crippen molar-refractivity contribution in [3.63, 3.8) is 0 Å². The zero-order chi connectivity index (χ0) is 13.2. The third-order valence-corrected chi connectivity index (χ3v) is 3.45. The van der Waals surface area contributed by atoms with Gasteiger partial charge in [-0.2, -0.15) is 4.39 Å². The summed E-state index contributed by atoms with van der Waals surface area (Å²) >= 11 is 0. The van der Waals surface area contributed by atoms with E-state index in [2.05, 4.69) is 16.0 Å². The molecule has 0 amide bonds. The molecule has 19 heavy (non-hydrogen) atoms. The summed E-state index contributed by atoms with van der Waals surface area (Å²) in [4.78, 5) is 6.03. The summed E-state index contributed by atoms with van der Waals surface area (Å²) in [7, 11) is 1.66. The summed E-state index contributed by atoms with van der Waals surface area (Å²) in [5.74, 6) is 1.11. The van der Waals surface area contributed by atoms with Crippen LogP contribution in [-0.2, 0) is 13.0 Å². The number of pyridine rings is 1. The third kappa shape index (κ3) is 2.38. The molecule has 3 nitrogen and oxygen atoms in total. The van der Waals surface area contributed by atoms with Gasteiger partial charge in [-0.3, -0.25) is 0 Å². The van der Waals surface area contributed by atoms with Crippen molar-refractivity contribution >= 4 is 5.82 Å². The predicted octanol–water partition coefficient (Wildman–Crippen LogP) is 2.79. The molecule has 1 aromatic carbocycles. The number of fused-ring (bicyclic) bond motifs is 1. The molecule has 4 heteroatoms. The van der Waals surface area contributed by atoms with Crippen LogP contribution in [0.3, 0.4) is 0 Å². The van der Waals surface area contributed by atoms with E-state index < -0.39 is 5.95 Å². The van der Waals surface area contributed by atoms with E-state index in [4.69, 9.17) is 4.74 Å². The molecule has 98 valence electrons. The summed E-state index contributed by atoms with van der Waals surface area (Å²) in [6, 6.07) is 11.0. The minimum absolute atomic E-state index is 0.436. The quantitative estimate of drug-likeness (QED) is 0.774. The molecule has 0 spiro atoms. The number of anilines is 1. The van der Waals surface area contributed by atoms with Crippen LogP contribution in [0.15, 0.2) is 36.4 Å². The number of nitrogens with zero attached hydrogens (tertiary/aromatic N) is 2. The first-order chi connectivity index (χ1) is 9.26. The van der Waals surface area contributed by atoms with Crippen molar-refractivity contribution in [2.24, 2.45) is 0 Å². The van der Waals surface area contributed by atoms with Gasteiger partial charge >= 0.3 is 0 Å². The highest BCUT2D eigenvalue weighted by Crippen LogP contribution is 2.26. The van der Waals surface area contributed by atoms with Crippen LogP contribution in [0.1, 0.15) is 11.1 Å². The standard InChI is InChI=1S/C15H15FN2O/c1-19-13-6-5-11-7-8-18(10-12(11)9-13)15-4-2-3-14(16)17-15/h2-6,9H,7-8,10H2,1H3. The lowest BCUT2D eigenvalue weighted by Gasteiger charge is -2.30. The normalized spacial score (nSPS) is 14.1. The van der Waals surface area contributed by atoms with Gasteiger partial charge < -0.3 is 9.64 Å². The van der Waals surface area contributed by atoms with Gasteiger partial charge in [-0.15, -0.1) is 0 Å². The maximum atomic E-state index is 13.2. The van der Waals surface area contributed by atoms with Crippen molar-refractivity contribution < 1.29 is 9.13 Å². The Bertz CT molecular complexity index is 600. The molecular weight excluding hydrogens is 243 g/mol. The van der Waals surface area contributed by atoms with Crippen LogP contribution in [0.5, 0.6) is 5.75 Å². The van der Waals surface area contributed by atoms with E-state index in [1.165, 1.54) is 17.2 Å². The number of methoxy groups -OCH3 is 1. The molecule has 2 aromatic rings. The maximum Gasteiger partial charge on any atom is 0.214 e. The van der Waals surface area contributed by atoms with Gasteiger partial charge in [-0.1, -0.05) is 12.1 Å². The highest BCUT2D eigenvalue weighted by atomic mass is 19.1. The smallest absolute Gasteiger partial charge is 0.214 e. The molecule has 1 aliphatic rings. The van der Waals surface area contributed by atoms with Crippen LogP contribution < -0.4 is 9.64 Å². The number of halogens is 1. The fraction of sp³-hybridized carbons (Fsp3) is 0.267. The molecule has 1 aromatic heterocycles. The second-order valence-corrected chi connectivity index (χ2v) is 4.62. The SMILES string of the molecule is COc1ccc2c(c1)CN(c1cccc(F)n1)CC2. The van der Waals surface area contributed by atoms with Crippen molar-refractivity contribution in [2.75, 3.05) is 18.6 Å². The Morgan fingerprint density at radius 2 is 2.11 bits per heavy atom. The number of hydrogen-bond donors (Lipinski definition) is 0. The zero-order valence-electron chi connectivity index (χ0n) is 10.8. The van der Waals surface area contributed by atoms with E-state index in [1.807, 2.05) is 18.2 Å². The Kier molecular flexibility index (Phi) is 3.07. The second kappa shape index (κ2) is 4.88. The lowest BCUT2D eigenvalue weighted by Crippen LogP contribution is -2.31. The van der Waals surface area contributed by atoms with E-state index in [1.54, 1.807) is 13.2 Å². The first-order valence-corrected chi connectivity index (χ1v) is 6.29. The highest BCUT2D eigenvalue weighted by Gasteiger charge is 2.18. The largest absolute Gasteiger partial charge is 0.497 e. The topological polar surface area (TPSA) is 25.4 Å². The van der Waals surface area contributed by atoms with Gasteiger partial charge in [0.15, 0.2) is 0 Å². The molecule has 0 saturated carbocycles. The number of aromatic nitrogens is 1. The first-order valence-electron chi connectivity index (χ1n) is 6.29. The van der Waals surface area contributed by atoms with Gasteiger partial charge in [0.05, 0.1) is 7.11 Å². The monoisotopic (exact) mass is 258 g/mol. The van der Waals surface area contributed by atoms with E-state index in [9.17, 15) is 4.39 Å². The van der Waals surface area contributed by atoms with Crippen molar-refractivity contribution in [3.05, 3.63) is 53.5 Å². The van der Waals surface area contributed by atoms with E-state index in [0.717, 1.165) is 25.3 Å². The molecule has 3 rings (SSSR count). The number of ether oxygens (including phenoxy) is 1. The first kappa shape index (κ1) is 12.0. The maximum absolute atomic E-state index is 13.2. The van der Waals surface area contributed by atoms with Crippen molar-refractivity contribution in [3.8, 4) is 5.75 Å². The molecule has 0 bridgehead atoms. The number of hydrogen-bond acceptors (Lipinski definition) is 3. The molecule has 1 aliphatic heterocycles. The van der Waals surface area contributed by atoms with Crippen LogP contribution in [0, 0.1) is 5.95 Å². The predicted molar refractivity (Wildman–Crippen MR) is 71.9 cm³/mol. The van der Waals surface area contributed by atoms with Crippen LogP contribution in [0.2, 0.25) is 0 Å². The van der Waals surface area contributed by atoms with E-state index in [0.29, 0.717) is 5.82 Å². The molecule has 0 unspecified atom stereocenters. The van der Waals surface area contributed by atoms with Gasteiger partial charge in [-0.05, 0) is 41.8 Å². The zero-order valence-corrected chi connectivity index (χ0v) is 10.8. The summed E-state index contributed by atoms with van der Waals surface area (Å²) in [6.45, 7) is 1.60. The van der Waals surface area contributed by atoms with Gasteiger partial charge in [-0.25, -0.2) is 4.98 Å². The Morgan fingerprint density at radius 3 is 2.89 bits per heavy atom. The summed E-state index contributed by atoms with van der Waals surface area (Å²) < 4.78 is 18.4. The average molecular weight is 258 g/mol. The van der Waals surface area contributed by atoms with Crippen molar-refractivity contribution in [1.29, 1.82) is 0 Å². The van der Waals surface area contributed by atoms with Gasteiger partial charge in [0.1, 0.15) is 11.6 Å². The highest BCUT2D eigenvalue weighted by molar-refractivity contribution is 5.46. The average Bonchev–Trinajstić information content (AvgIpc) is 2.46. The fourth-order valence-corrected chi connectivity index (χ4v) is 2.43. The van der Waals surface area contributed by atoms with Gasteiger partial charge in [0.25, 0.3) is 0 Å². The summed E-state index contributed by atoms with van der Waals surface area (Å²) in [6.07, 6.45) is 0.942. The lowest BCUT2D eigenvalue weighted by molar-refractivity contribution is 0.413. The van der Waals surface area contributed by atoms with Crippen LogP contribution in [0.25, 0.3) is 0 Å². The lowest BCUT2D eigenvalue weighted by atomic mass is 9.99. The Hall–Kier alpha value is -2.10.